The van der Waals surface area contributed by atoms with Crippen LogP contribution in [0.4, 0.5) is 0 Å². The molecule has 0 fully saturated rings. The second-order valence-corrected chi connectivity index (χ2v) is 17.6. The highest BCUT2D eigenvalue weighted by atomic mass is 15.1. The topological polar surface area (TPSA) is 42.0 Å². The highest BCUT2D eigenvalue weighted by molar-refractivity contribution is 6.26. The molecule has 0 N–H and O–H groups in total. The molecule has 4 heteroatoms. The van der Waals surface area contributed by atoms with Crippen molar-refractivity contribution in [3.63, 3.8) is 0 Å². The van der Waals surface area contributed by atoms with Crippen molar-refractivity contribution in [3.05, 3.63) is 229 Å². The third kappa shape index (κ3) is 6.32. The molecule has 0 radical (unpaired) electrons. The van der Waals surface area contributed by atoms with E-state index >= 15 is 0 Å². The van der Waals surface area contributed by atoms with E-state index in [0.29, 0.717) is 18.3 Å². The Morgan fingerprint density at radius 2 is 0.938 bits per heavy atom. The zero-order valence-electron chi connectivity index (χ0n) is 36.3. The molecule has 0 bridgehead atoms. The summed E-state index contributed by atoms with van der Waals surface area (Å²) in [6.07, 6.45) is 0. The first-order chi connectivity index (χ1) is 31.9. The van der Waals surface area contributed by atoms with E-state index in [2.05, 4.69) is 188 Å². The standard InChI is InChI=1S/C61H44N4/c1-61(2)55-28-15-14-27-50(55)52-36-54-53-35-44(42-22-16-21-41(33-42)43-29-31-49-47-25-11-10-23-45(47)46-24-12-13-26-48(46)51(49)34-43)30-32-57(53)65(58(54)37-56(52)61)38-63-60(40-19-8-5-9-20-40)64-59(62-3)39-17-6-4-7-18-39/h4-37H,3,38H2,1-2H3/b63-60-,64-59?. The van der Waals surface area contributed by atoms with Gasteiger partial charge in [0, 0.05) is 27.3 Å². The Labute approximate surface area is 378 Å². The van der Waals surface area contributed by atoms with Crippen molar-refractivity contribution in [2.45, 2.75) is 25.9 Å². The molecule has 0 amide bonds. The molecule has 1 heterocycles. The van der Waals surface area contributed by atoms with Crippen molar-refractivity contribution < 1.29 is 0 Å². The minimum atomic E-state index is -0.155. The minimum absolute atomic E-state index is 0.155. The van der Waals surface area contributed by atoms with Crippen LogP contribution < -0.4 is 0 Å². The van der Waals surface area contributed by atoms with Crippen LogP contribution in [0.5, 0.6) is 0 Å². The van der Waals surface area contributed by atoms with Gasteiger partial charge in [0.15, 0.2) is 11.7 Å². The van der Waals surface area contributed by atoms with Crippen molar-refractivity contribution in [3.8, 4) is 33.4 Å². The normalized spacial score (nSPS) is 13.5. The predicted molar refractivity (Wildman–Crippen MR) is 276 cm³/mol. The van der Waals surface area contributed by atoms with Gasteiger partial charge in [0.1, 0.15) is 6.67 Å². The van der Waals surface area contributed by atoms with Crippen molar-refractivity contribution >= 4 is 72.5 Å². The molecule has 0 aliphatic heterocycles. The summed E-state index contributed by atoms with van der Waals surface area (Å²) in [7, 11) is 0. The van der Waals surface area contributed by atoms with Gasteiger partial charge in [-0.1, -0.05) is 184 Å². The number of amidine groups is 2. The van der Waals surface area contributed by atoms with Crippen LogP contribution in [0.2, 0.25) is 0 Å². The average molecular weight is 833 g/mol. The van der Waals surface area contributed by atoms with Crippen LogP contribution in [0.25, 0.3) is 87.5 Å². The lowest BCUT2D eigenvalue weighted by atomic mass is 9.82. The molecule has 0 saturated carbocycles. The highest BCUT2D eigenvalue weighted by Crippen LogP contribution is 2.51. The van der Waals surface area contributed by atoms with Crippen LogP contribution in [0.3, 0.4) is 0 Å². The molecule has 4 nitrogen and oxygen atoms in total. The number of benzene rings is 10. The first-order valence-electron chi connectivity index (χ1n) is 22.3. The Morgan fingerprint density at radius 1 is 0.415 bits per heavy atom. The molecule has 308 valence electrons. The maximum Gasteiger partial charge on any atom is 0.161 e. The zero-order valence-corrected chi connectivity index (χ0v) is 36.3. The number of fused-ring (bicyclic) bond motifs is 12. The quantitative estimate of drug-likeness (QED) is 0.0910. The lowest BCUT2D eigenvalue weighted by Gasteiger charge is -2.21. The smallest absolute Gasteiger partial charge is 0.161 e. The van der Waals surface area contributed by atoms with Gasteiger partial charge in [0.05, 0.1) is 11.0 Å². The molecule has 10 aromatic carbocycles. The first-order valence-corrected chi connectivity index (χ1v) is 22.3. The van der Waals surface area contributed by atoms with E-state index in [4.69, 9.17) is 9.98 Å². The number of hydrogen-bond donors (Lipinski definition) is 0. The largest absolute Gasteiger partial charge is 0.320 e. The van der Waals surface area contributed by atoms with Gasteiger partial charge in [-0.3, -0.25) is 0 Å². The van der Waals surface area contributed by atoms with E-state index in [0.717, 1.165) is 22.2 Å². The van der Waals surface area contributed by atoms with Gasteiger partial charge >= 0.3 is 0 Å². The van der Waals surface area contributed by atoms with Crippen LogP contribution in [-0.2, 0) is 12.1 Å². The fraction of sp³-hybridized carbons (Fsp3) is 0.0656. The Hall–Kier alpha value is -8.21. The molecular weight excluding hydrogens is 789 g/mol. The van der Waals surface area contributed by atoms with Gasteiger partial charge in [-0.25, -0.2) is 15.0 Å². The Kier molecular flexibility index (Phi) is 9.03. The zero-order chi connectivity index (χ0) is 43.6. The Morgan fingerprint density at radius 3 is 1.60 bits per heavy atom. The van der Waals surface area contributed by atoms with Crippen molar-refractivity contribution in [2.24, 2.45) is 15.0 Å². The van der Waals surface area contributed by atoms with Gasteiger partial charge in [-0.05, 0) is 120 Å². The van der Waals surface area contributed by atoms with Crippen LogP contribution in [-0.4, -0.2) is 23.0 Å². The number of hydrogen-bond acceptors (Lipinski definition) is 1. The summed E-state index contributed by atoms with van der Waals surface area (Å²) in [5, 5.41) is 10.1. The minimum Gasteiger partial charge on any atom is -0.320 e. The number of aliphatic imine (C=N–C) groups is 3. The Balaban J connectivity index is 1.02. The molecule has 0 spiro atoms. The van der Waals surface area contributed by atoms with Crippen LogP contribution in [0, 0.1) is 0 Å². The predicted octanol–water partition coefficient (Wildman–Crippen LogP) is 15.4. The lowest BCUT2D eigenvalue weighted by molar-refractivity contribution is 0.660. The third-order valence-electron chi connectivity index (χ3n) is 13.6. The molecule has 1 aliphatic rings. The Bertz CT molecular complexity index is 3740. The first kappa shape index (κ1) is 38.5. The molecule has 1 aliphatic carbocycles. The number of nitrogens with zero attached hydrogens (tertiary/aromatic N) is 4. The number of rotatable bonds is 6. The van der Waals surface area contributed by atoms with E-state index in [9.17, 15) is 0 Å². The maximum atomic E-state index is 5.31. The van der Waals surface area contributed by atoms with Crippen molar-refractivity contribution in [1.82, 2.24) is 4.57 Å². The summed E-state index contributed by atoms with van der Waals surface area (Å²) in [4.78, 5) is 14.7. The summed E-state index contributed by atoms with van der Waals surface area (Å²) >= 11 is 0. The maximum absolute atomic E-state index is 5.31. The summed E-state index contributed by atoms with van der Waals surface area (Å²) < 4.78 is 2.36. The number of aromatic nitrogens is 1. The van der Waals surface area contributed by atoms with Gasteiger partial charge in [-0.15, -0.1) is 0 Å². The second kappa shape index (κ2) is 15.3. The SMILES string of the molecule is C=NC(=N/C(=N\Cn1c2ccc(-c3cccc(-c4ccc5c6ccccc6c6ccccc6c5c4)c3)cc2c2cc3c(cc21)C(C)(C)c1ccccc1-3)c1ccccc1)c1ccccc1. The van der Waals surface area contributed by atoms with E-state index in [1.54, 1.807) is 0 Å². The van der Waals surface area contributed by atoms with E-state index in [1.165, 1.54) is 87.6 Å². The van der Waals surface area contributed by atoms with Crippen LogP contribution in [0.15, 0.2) is 221 Å². The van der Waals surface area contributed by atoms with Crippen molar-refractivity contribution in [1.29, 1.82) is 0 Å². The summed E-state index contributed by atoms with van der Waals surface area (Å²) in [6, 6.07) is 74.3. The van der Waals surface area contributed by atoms with Gasteiger partial charge < -0.3 is 4.57 Å². The molecule has 65 heavy (non-hydrogen) atoms. The molecule has 1 aromatic heterocycles. The molecule has 12 rings (SSSR count). The average Bonchev–Trinajstić information content (AvgIpc) is 3.79. The van der Waals surface area contributed by atoms with E-state index in [1.807, 2.05) is 48.5 Å². The van der Waals surface area contributed by atoms with Crippen LogP contribution in [0.1, 0.15) is 36.1 Å². The second-order valence-electron chi connectivity index (χ2n) is 17.6. The molecule has 11 aromatic rings. The third-order valence-corrected chi connectivity index (χ3v) is 13.6. The van der Waals surface area contributed by atoms with Crippen LogP contribution >= 0.6 is 0 Å². The van der Waals surface area contributed by atoms with Gasteiger partial charge in [0.25, 0.3) is 0 Å². The fourth-order valence-corrected chi connectivity index (χ4v) is 10.4. The lowest BCUT2D eigenvalue weighted by Crippen LogP contribution is -2.15. The van der Waals surface area contributed by atoms with E-state index < -0.39 is 0 Å². The summed E-state index contributed by atoms with van der Waals surface area (Å²) in [5.41, 5.74) is 13.9. The summed E-state index contributed by atoms with van der Waals surface area (Å²) in [5.74, 6) is 1.13. The van der Waals surface area contributed by atoms with Crippen molar-refractivity contribution in [2.75, 3.05) is 0 Å². The van der Waals surface area contributed by atoms with Gasteiger partial charge in [-0.2, -0.15) is 0 Å². The van der Waals surface area contributed by atoms with E-state index in [-0.39, 0.29) is 5.41 Å². The summed E-state index contributed by atoms with van der Waals surface area (Å²) in [6.45, 7) is 8.93. The van der Waals surface area contributed by atoms with Gasteiger partial charge in [0.2, 0.25) is 0 Å². The molecule has 0 saturated heterocycles. The highest BCUT2D eigenvalue weighted by Gasteiger charge is 2.36. The fourth-order valence-electron chi connectivity index (χ4n) is 10.4. The molecule has 0 atom stereocenters. The monoisotopic (exact) mass is 832 g/mol. The molecule has 0 unspecified atom stereocenters. The molecular formula is C61H44N4.